The fraction of sp³-hybridized carbons (Fsp3) is 0.0625. The molecule has 2 heterocycles. The highest BCUT2D eigenvalue weighted by Crippen LogP contribution is 2.20. The van der Waals surface area contributed by atoms with E-state index in [1.165, 1.54) is 29.8 Å². The van der Waals surface area contributed by atoms with Gasteiger partial charge in [0.1, 0.15) is 12.1 Å². The van der Waals surface area contributed by atoms with Crippen LogP contribution in [0.5, 0.6) is 0 Å². The number of nitrogens with zero attached hydrogens (tertiary/aromatic N) is 2. The van der Waals surface area contributed by atoms with Crippen LogP contribution in [0.4, 0.5) is 4.39 Å². The fourth-order valence-corrected chi connectivity index (χ4v) is 2.92. The SMILES string of the molecule is O=C(C=C(O)c1nc[nH]n1)c1csc(Cc2ccc(F)cc2)c1. The Kier molecular flexibility index (Phi) is 4.29. The second-order valence-electron chi connectivity index (χ2n) is 4.82. The highest BCUT2D eigenvalue weighted by molar-refractivity contribution is 7.10. The molecule has 0 fully saturated rings. The van der Waals surface area contributed by atoms with E-state index in [0.29, 0.717) is 12.0 Å². The third kappa shape index (κ3) is 3.70. The van der Waals surface area contributed by atoms with E-state index in [4.69, 9.17) is 0 Å². The van der Waals surface area contributed by atoms with Crippen LogP contribution in [0.1, 0.15) is 26.6 Å². The zero-order chi connectivity index (χ0) is 16.2. The summed E-state index contributed by atoms with van der Waals surface area (Å²) in [5.41, 5.74) is 1.44. The normalized spacial score (nSPS) is 11.6. The molecule has 2 N–H and O–H groups in total. The van der Waals surface area contributed by atoms with Gasteiger partial charge in [0.25, 0.3) is 0 Å². The van der Waals surface area contributed by atoms with Crippen molar-refractivity contribution < 1.29 is 14.3 Å². The molecule has 0 spiro atoms. The van der Waals surface area contributed by atoms with Gasteiger partial charge in [-0.25, -0.2) is 9.37 Å². The first kappa shape index (κ1) is 15.1. The maximum Gasteiger partial charge on any atom is 0.215 e. The third-order valence-electron chi connectivity index (χ3n) is 3.14. The molecule has 0 unspecified atom stereocenters. The van der Waals surface area contributed by atoms with Crippen molar-refractivity contribution >= 4 is 22.9 Å². The predicted molar refractivity (Wildman–Crippen MR) is 84.8 cm³/mol. The predicted octanol–water partition coefficient (Wildman–Crippen LogP) is 3.38. The van der Waals surface area contributed by atoms with Crippen LogP contribution in [-0.4, -0.2) is 26.1 Å². The average molecular weight is 329 g/mol. The van der Waals surface area contributed by atoms with E-state index in [-0.39, 0.29) is 23.2 Å². The topological polar surface area (TPSA) is 78.9 Å². The lowest BCUT2D eigenvalue weighted by Crippen LogP contribution is -1.96. The molecule has 0 aliphatic carbocycles. The van der Waals surface area contributed by atoms with Gasteiger partial charge in [-0.05, 0) is 23.8 Å². The molecular weight excluding hydrogens is 317 g/mol. The number of carbonyl (C=O) groups excluding carboxylic acids is 1. The quantitative estimate of drug-likeness (QED) is 0.427. The molecule has 0 amide bonds. The van der Waals surface area contributed by atoms with E-state index >= 15 is 0 Å². The van der Waals surface area contributed by atoms with Gasteiger partial charge < -0.3 is 5.11 Å². The van der Waals surface area contributed by atoms with Crippen molar-refractivity contribution in [3.05, 3.63) is 75.8 Å². The number of halogens is 1. The number of allylic oxidation sites excluding steroid dienone is 1. The summed E-state index contributed by atoms with van der Waals surface area (Å²) in [6.45, 7) is 0. The summed E-state index contributed by atoms with van der Waals surface area (Å²) < 4.78 is 12.9. The minimum absolute atomic E-state index is 0.0696. The van der Waals surface area contributed by atoms with Crippen molar-refractivity contribution in [1.29, 1.82) is 0 Å². The van der Waals surface area contributed by atoms with E-state index in [2.05, 4.69) is 15.2 Å². The molecule has 23 heavy (non-hydrogen) atoms. The molecular formula is C16H12FN3O2S. The highest BCUT2D eigenvalue weighted by Gasteiger charge is 2.11. The van der Waals surface area contributed by atoms with Crippen molar-refractivity contribution in [1.82, 2.24) is 15.2 Å². The summed E-state index contributed by atoms with van der Waals surface area (Å²) >= 11 is 1.44. The van der Waals surface area contributed by atoms with Crippen LogP contribution in [0.2, 0.25) is 0 Å². The van der Waals surface area contributed by atoms with Gasteiger partial charge >= 0.3 is 0 Å². The highest BCUT2D eigenvalue weighted by atomic mass is 32.1. The summed E-state index contributed by atoms with van der Waals surface area (Å²) in [6.07, 6.45) is 3.02. The molecule has 5 nitrogen and oxygen atoms in total. The molecule has 0 radical (unpaired) electrons. The number of aromatic nitrogens is 3. The van der Waals surface area contributed by atoms with E-state index in [9.17, 15) is 14.3 Å². The van der Waals surface area contributed by atoms with E-state index in [0.717, 1.165) is 16.5 Å². The van der Waals surface area contributed by atoms with Crippen LogP contribution >= 0.6 is 11.3 Å². The molecule has 7 heteroatoms. The summed E-state index contributed by atoms with van der Waals surface area (Å²) in [7, 11) is 0. The number of benzene rings is 1. The minimum atomic E-state index is -0.325. The maximum atomic E-state index is 12.9. The number of carbonyl (C=O) groups is 1. The maximum absolute atomic E-state index is 12.9. The first-order valence-electron chi connectivity index (χ1n) is 6.75. The van der Waals surface area contributed by atoms with Crippen LogP contribution in [-0.2, 0) is 6.42 Å². The van der Waals surface area contributed by atoms with E-state index in [1.54, 1.807) is 23.6 Å². The van der Waals surface area contributed by atoms with Crippen molar-refractivity contribution in [2.45, 2.75) is 6.42 Å². The number of hydrogen-bond acceptors (Lipinski definition) is 5. The number of aliphatic hydroxyl groups excluding tert-OH is 1. The average Bonchev–Trinajstić information content (AvgIpc) is 3.21. The number of aromatic amines is 1. The molecule has 0 saturated heterocycles. The van der Waals surface area contributed by atoms with Crippen molar-refractivity contribution in [2.24, 2.45) is 0 Å². The Morgan fingerprint density at radius 2 is 2.13 bits per heavy atom. The smallest absolute Gasteiger partial charge is 0.215 e. The lowest BCUT2D eigenvalue weighted by atomic mass is 10.1. The number of thiophene rings is 1. The second kappa shape index (κ2) is 6.53. The van der Waals surface area contributed by atoms with E-state index < -0.39 is 0 Å². The lowest BCUT2D eigenvalue weighted by molar-refractivity contribution is 0.104. The summed E-state index contributed by atoms with van der Waals surface area (Å²) in [5, 5.41) is 17.7. The number of nitrogens with one attached hydrogen (secondary N) is 1. The fourth-order valence-electron chi connectivity index (χ4n) is 2.01. The van der Waals surface area contributed by atoms with Gasteiger partial charge in [0.2, 0.25) is 5.82 Å². The van der Waals surface area contributed by atoms with Crippen LogP contribution in [0.25, 0.3) is 5.76 Å². The summed E-state index contributed by atoms with van der Waals surface area (Å²) in [4.78, 5) is 16.9. The summed E-state index contributed by atoms with van der Waals surface area (Å²) in [6, 6.07) is 8.01. The zero-order valence-corrected chi connectivity index (χ0v) is 12.7. The first-order valence-corrected chi connectivity index (χ1v) is 7.63. The third-order valence-corrected chi connectivity index (χ3v) is 4.08. The lowest BCUT2D eigenvalue weighted by Gasteiger charge is -1.98. The van der Waals surface area contributed by atoms with Crippen LogP contribution < -0.4 is 0 Å². The van der Waals surface area contributed by atoms with Gasteiger partial charge in [-0.15, -0.1) is 11.3 Å². The Bertz CT molecular complexity index is 839. The number of hydrogen-bond donors (Lipinski definition) is 2. The Hall–Kier alpha value is -2.80. The molecule has 0 aliphatic rings. The molecule has 0 atom stereocenters. The molecule has 116 valence electrons. The van der Waals surface area contributed by atoms with Gasteiger partial charge in [-0.2, -0.15) is 5.10 Å². The molecule has 0 bridgehead atoms. The molecule has 3 aromatic rings. The van der Waals surface area contributed by atoms with Gasteiger partial charge in [0, 0.05) is 28.3 Å². The number of ketones is 1. The van der Waals surface area contributed by atoms with Crippen molar-refractivity contribution in [2.75, 3.05) is 0 Å². The monoisotopic (exact) mass is 329 g/mol. The van der Waals surface area contributed by atoms with E-state index in [1.807, 2.05) is 0 Å². The summed E-state index contributed by atoms with van der Waals surface area (Å²) in [5.74, 6) is -0.819. The Balaban J connectivity index is 1.72. The van der Waals surface area contributed by atoms with Crippen LogP contribution in [0.3, 0.4) is 0 Å². The van der Waals surface area contributed by atoms with Gasteiger partial charge in [-0.3, -0.25) is 9.89 Å². The first-order chi connectivity index (χ1) is 11.1. The molecule has 1 aromatic carbocycles. The standard InChI is InChI=1S/C16H12FN3O2S/c17-12-3-1-10(2-4-12)5-13-6-11(8-23-13)14(21)7-15(22)16-18-9-19-20-16/h1-4,6-9,22H,5H2,(H,18,19,20). The molecule has 0 aliphatic heterocycles. The van der Waals surface area contributed by atoms with Gasteiger partial charge in [-0.1, -0.05) is 12.1 Å². The Morgan fingerprint density at radius 3 is 2.83 bits per heavy atom. The minimum Gasteiger partial charge on any atom is -0.504 e. The molecule has 0 saturated carbocycles. The Labute approximate surface area is 135 Å². The van der Waals surface area contributed by atoms with Crippen LogP contribution in [0.15, 0.2) is 48.1 Å². The molecule has 3 rings (SSSR count). The number of aliphatic hydroxyl groups is 1. The van der Waals surface area contributed by atoms with Crippen LogP contribution in [0, 0.1) is 5.82 Å². The Morgan fingerprint density at radius 1 is 1.35 bits per heavy atom. The largest absolute Gasteiger partial charge is 0.504 e. The van der Waals surface area contributed by atoms with Gasteiger partial charge in [0.15, 0.2) is 11.5 Å². The van der Waals surface area contributed by atoms with Gasteiger partial charge in [0.05, 0.1) is 0 Å². The van der Waals surface area contributed by atoms with Crippen molar-refractivity contribution in [3.63, 3.8) is 0 Å². The molecule has 2 aromatic heterocycles. The number of rotatable bonds is 5. The second-order valence-corrected chi connectivity index (χ2v) is 5.82. The van der Waals surface area contributed by atoms with Crippen molar-refractivity contribution in [3.8, 4) is 0 Å². The zero-order valence-electron chi connectivity index (χ0n) is 11.9. The number of H-pyrrole nitrogens is 1.